The van der Waals surface area contributed by atoms with Crippen molar-refractivity contribution in [3.63, 3.8) is 0 Å². The number of hydrogen-bond acceptors (Lipinski definition) is 2. The Labute approximate surface area is 147 Å². The summed E-state index contributed by atoms with van der Waals surface area (Å²) in [5, 5.41) is 10.5. The molecule has 0 fully saturated rings. The van der Waals surface area contributed by atoms with E-state index in [0.29, 0.717) is 5.75 Å². The standard InChI is InChI=1S/C20H25BrO2/c1-3-20(2,16-6-10-18(22)11-7-16)17-8-12-19(13-9-17)23-15-5-4-14-21/h6-13,22H,3-5,14-15H2,1-2H3. The van der Waals surface area contributed by atoms with Crippen molar-refractivity contribution in [1.82, 2.24) is 0 Å². The van der Waals surface area contributed by atoms with Crippen LogP contribution in [0, 0.1) is 0 Å². The Kier molecular flexibility index (Phi) is 6.52. The summed E-state index contributed by atoms with van der Waals surface area (Å²) in [6.07, 6.45) is 3.18. The number of phenols is 1. The van der Waals surface area contributed by atoms with Crippen molar-refractivity contribution in [2.24, 2.45) is 0 Å². The van der Waals surface area contributed by atoms with E-state index in [2.05, 4.69) is 54.0 Å². The van der Waals surface area contributed by atoms with Crippen LogP contribution >= 0.6 is 15.9 Å². The highest BCUT2D eigenvalue weighted by molar-refractivity contribution is 9.09. The first-order valence-electron chi connectivity index (χ1n) is 8.19. The van der Waals surface area contributed by atoms with Gasteiger partial charge in [-0.3, -0.25) is 0 Å². The van der Waals surface area contributed by atoms with E-state index in [1.54, 1.807) is 12.1 Å². The monoisotopic (exact) mass is 376 g/mol. The van der Waals surface area contributed by atoms with Crippen molar-refractivity contribution in [2.45, 2.75) is 38.5 Å². The number of hydrogen-bond donors (Lipinski definition) is 1. The van der Waals surface area contributed by atoms with E-state index in [4.69, 9.17) is 4.74 Å². The first-order chi connectivity index (χ1) is 11.1. The summed E-state index contributed by atoms with van der Waals surface area (Å²) in [4.78, 5) is 0. The number of aromatic hydroxyl groups is 1. The molecule has 0 aliphatic heterocycles. The molecule has 0 amide bonds. The van der Waals surface area contributed by atoms with Gasteiger partial charge < -0.3 is 9.84 Å². The lowest BCUT2D eigenvalue weighted by atomic mass is 9.74. The Bertz CT molecular complexity index is 592. The number of alkyl halides is 1. The second-order valence-corrected chi connectivity index (χ2v) is 6.79. The fourth-order valence-corrected chi connectivity index (χ4v) is 3.11. The highest BCUT2D eigenvalue weighted by atomic mass is 79.9. The second kappa shape index (κ2) is 8.39. The molecule has 2 aromatic rings. The maximum Gasteiger partial charge on any atom is 0.119 e. The highest BCUT2D eigenvalue weighted by Gasteiger charge is 2.26. The third-order valence-electron chi connectivity index (χ3n) is 4.50. The van der Waals surface area contributed by atoms with Crippen molar-refractivity contribution in [1.29, 1.82) is 0 Å². The third kappa shape index (κ3) is 4.51. The average molecular weight is 377 g/mol. The van der Waals surface area contributed by atoms with Gasteiger partial charge in [0.15, 0.2) is 0 Å². The third-order valence-corrected chi connectivity index (χ3v) is 5.06. The number of benzene rings is 2. The summed E-state index contributed by atoms with van der Waals surface area (Å²) < 4.78 is 5.78. The number of halogens is 1. The molecule has 0 saturated carbocycles. The molecule has 23 heavy (non-hydrogen) atoms. The average Bonchev–Trinajstić information content (AvgIpc) is 2.59. The first-order valence-corrected chi connectivity index (χ1v) is 9.31. The van der Waals surface area contributed by atoms with Crippen molar-refractivity contribution < 1.29 is 9.84 Å². The van der Waals surface area contributed by atoms with Crippen molar-refractivity contribution in [3.8, 4) is 11.5 Å². The van der Waals surface area contributed by atoms with Gasteiger partial charge in [-0.1, -0.05) is 54.0 Å². The lowest BCUT2D eigenvalue weighted by Gasteiger charge is -2.30. The van der Waals surface area contributed by atoms with Crippen LogP contribution in [-0.4, -0.2) is 17.0 Å². The molecule has 2 nitrogen and oxygen atoms in total. The molecule has 1 unspecified atom stereocenters. The van der Waals surface area contributed by atoms with Crippen LogP contribution < -0.4 is 4.74 Å². The van der Waals surface area contributed by atoms with Crippen molar-refractivity contribution >= 4 is 15.9 Å². The zero-order valence-electron chi connectivity index (χ0n) is 13.9. The van der Waals surface area contributed by atoms with Gasteiger partial charge in [-0.25, -0.2) is 0 Å². The van der Waals surface area contributed by atoms with Crippen molar-refractivity contribution in [3.05, 3.63) is 59.7 Å². The van der Waals surface area contributed by atoms with Crippen LogP contribution in [0.4, 0.5) is 0 Å². The number of unbranched alkanes of at least 4 members (excludes halogenated alkanes) is 1. The minimum Gasteiger partial charge on any atom is -0.508 e. The van der Waals surface area contributed by atoms with E-state index in [9.17, 15) is 5.11 Å². The van der Waals surface area contributed by atoms with E-state index in [-0.39, 0.29) is 5.41 Å². The maximum atomic E-state index is 9.50. The van der Waals surface area contributed by atoms with Crippen LogP contribution in [0.2, 0.25) is 0 Å². The molecule has 0 aliphatic rings. The number of ether oxygens (including phenoxy) is 1. The topological polar surface area (TPSA) is 29.5 Å². The molecule has 0 radical (unpaired) electrons. The van der Waals surface area contributed by atoms with Crippen LogP contribution in [0.3, 0.4) is 0 Å². The molecular formula is C20H25BrO2. The van der Waals surface area contributed by atoms with Crippen LogP contribution in [0.1, 0.15) is 44.2 Å². The normalized spacial score (nSPS) is 13.5. The van der Waals surface area contributed by atoms with Gasteiger partial charge in [0, 0.05) is 10.7 Å². The first kappa shape index (κ1) is 17.9. The van der Waals surface area contributed by atoms with E-state index >= 15 is 0 Å². The molecule has 0 aromatic heterocycles. The van der Waals surface area contributed by atoms with Gasteiger partial charge >= 0.3 is 0 Å². The Morgan fingerprint density at radius 2 is 1.52 bits per heavy atom. The molecule has 1 N–H and O–H groups in total. The summed E-state index contributed by atoms with van der Waals surface area (Å²) in [5.41, 5.74) is 2.41. The lowest BCUT2D eigenvalue weighted by Crippen LogP contribution is -2.22. The predicted octanol–water partition coefficient (Wildman–Crippen LogP) is 5.66. The van der Waals surface area contributed by atoms with Gasteiger partial charge in [0.05, 0.1) is 6.61 Å². The van der Waals surface area contributed by atoms with E-state index in [1.165, 1.54) is 11.1 Å². The van der Waals surface area contributed by atoms with Crippen molar-refractivity contribution in [2.75, 3.05) is 11.9 Å². The Balaban J connectivity index is 2.13. The lowest BCUT2D eigenvalue weighted by molar-refractivity contribution is 0.310. The van der Waals surface area contributed by atoms with Gasteiger partial charge in [-0.05, 0) is 54.7 Å². The van der Waals surface area contributed by atoms with Gasteiger partial charge in [0.1, 0.15) is 11.5 Å². The van der Waals surface area contributed by atoms with Crippen LogP contribution in [0.15, 0.2) is 48.5 Å². The summed E-state index contributed by atoms with van der Waals surface area (Å²) in [5.74, 6) is 1.23. The number of phenolic OH excluding ortho intramolecular Hbond substituents is 1. The smallest absolute Gasteiger partial charge is 0.119 e. The van der Waals surface area contributed by atoms with Crippen LogP contribution in [-0.2, 0) is 5.41 Å². The molecule has 1 atom stereocenters. The van der Waals surface area contributed by atoms with E-state index in [1.807, 2.05) is 12.1 Å². The maximum absolute atomic E-state index is 9.50. The van der Waals surface area contributed by atoms with Gasteiger partial charge in [0.2, 0.25) is 0 Å². The molecule has 2 aromatic carbocycles. The van der Waals surface area contributed by atoms with Crippen LogP contribution in [0.5, 0.6) is 11.5 Å². The van der Waals surface area contributed by atoms with Gasteiger partial charge in [-0.2, -0.15) is 0 Å². The summed E-state index contributed by atoms with van der Waals surface area (Å²) in [7, 11) is 0. The molecule has 0 spiro atoms. The zero-order chi connectivity index (χ0) is 16.7. The van der Waals surface area contributed by atoms with Gasteiger partial charge in [0.25, 0.3) is 0 Å². The number of rotatable bonds is 8. The Morgan fingerprint density at radius 1 is 0.957 bits per heavy atom. The zero-order valence-corrected chi connectivity index (χ0v) is 15.5. The molecule has 3 heteroatoms. The summed E-state index contributed by atoms with van der Waals surface area (Å²) in [6, 6.07) is 15.9. The predicted molar refractivity (Wildman–Crippen MR) is 99.8 cm³/mol. The fraction of sp³-hybridized carbons (Fsp3) is 0.400. The Hall–Kier alpha value is -1.48. The molecule has 0 bridgehead atoms. The molecule has 0 heterocycles. The summed E-state index contributed by atoms with van der Waals surface area (Å²) >= 11 is 3.43. The molecule has 124 valence electrons. The largest absolute Gasteiger partial charge is 0.508 e. The SMILES string of the molecule is CCC(C)(c1ccc(O)cc1)c1ccc(OCCCCBr)cc1. The van der Waals surface area contributed by atoms with Gasteiger partial charge in [-0.15, -0.1) is 0 Å². The highest BCUT2D eigenvalue weighted by Crippen LogP contribution is 2.36. The van der Waals surface area contributed by atoms with E-state index < -0.39 is 0 Å². The van der Waals surface area contributed by atoms with Crippen LogP contribution in [0.25, 0.3) is 0 Å². The fourth-order valence-electron chi connectivity index (χ4n) is 2.71. The Morgan fingerprint density at radius 3 is 2.04 bits per heavy atom. The molecule has 2 rings (SSSR count). The summed E-state index contributed by atoms with van der Waals surface area (Å²) in [6.45, 7) is 5.19. The molecule has 0 saturated heterocycles. The van der Waals surface area contributed by atoms with E-state index in [0.717, 1.165) is 36.9 Å². The quantitative estimate of drug-likeness (QED) is 0.475. The second-order valence-electron chi connectivity index (χ2n) is 6.00. The minimum absolute atomic E-state index is 0.0673. The molecule has 0 aliphatic carbocycles. The minimum atomic E-state index is -0.0673. The molecular weight excluding hydrogens is 352 g/mol.